The van der Waals surface area contributed by atoms with E-state index < -0.39 is 0 Å². The van der Waals surface area contributed by atoms with Crippen LogP contribution in [0.4, 0.5) is 11.5 Å². The van der Waals surface area contributed by atoms with E-state index in [4.69, 9.17) is 34.8 Å². The molecule has 0 aliphatic carbocycles. The van der Waals surface area contributed by atoms with Crippen LogP contribution in [-0.4, -0.2) is 9.97 Å². The summed E-state index contributed by atoms with van der Waals surface area (Å²) in [5.74, 6) is 0.525. The second-order valence-electron chi connectivity index (χ2n) is 3.53. The zero-order valence-corrected chi connectivity index (χ0v) is 13.0. The van der Waals surface area contributed by atoms with Gasteiger partial charge in [-0.1, -0.05) is 34.8 Å². The van der Waals surface area contributed by atoms with Gasteiger partial charge in [0.2, 0.25) is 0 Å². The molecule has 0 spiro atoms. The molecule has 0 aliphatic rings. The zero-order valence-electron chi connectivity index (χ0n) is 9.14. The molecule has 1 N–H and O–H groups in total. The monoisotopic (exact) mass is 365 g/mol. The Balaban J connectivity index is 2.40. The molecule has 0 aliphatic heterocycles. The van der Waals surface area contributed by atoms with Gasteiger partial charge in [0, 0.05) is 5.02 Å². The van der Waals surface area contributed by atoms with Gasteiger partial charge in [-0.05, 0) is 40.5 Å². The minimum Gasteiger partial charge on any atom is -0.338 e. The summed E-state index contributed by atoms with van der Waals surface area (Å²) in [6.07, 6.45) is 1.36. The number of nitrogens with zero attached hydrogens (tertiary/aromatic N) is 2. The fraction of sp³-hybridized carbons (Fsp3) is 0.0909. The lowest BCUT2D eigenvalue weighted by Gasteiger charge is -2.11. The van der Waals surface area contributed by atoms with Gasteiger partial charge in [0.15, 0.2) is 0 Å². The minimum atomic E-state index is 0.321. The molecule has 0 saturated carbocycles. The molecule has 0 radical (unpaired) electrons. The van der Waals surface area contributed by atoms with Crippen molar-refractivity contribution in [2.24, 2.45) is 0 Å². The molecule has 1 aromatic heterocycles. The van der Waals surface area contributed by atoms with Crippen molar-refractivity contribution in [1.82, 2.24) is 9.97 Å². The lowest BCUT2D eigenvalue weighted by Crippen LogP contribution is -1.97. The van der Waals surface area contributed by atoms with Crippen LogP contribution < -0.4 is 5.32 Å². The van der Waals surface area contributed by atoms with Crippen LogP contribution in [0.1, 0.15) is 5.56 Å². The molecular weight excluding hydrogens is 360 g/mol. The molecule has 1 aromatic carbocycles. The molecule has 94 valence electrons. The standard InChI is InChI=1S/C11H7BrCl3N3/c1-5-2-7(14)8(3-6(5)13)18-11-9(12)10(15)16-4-17-11/h2-4H,1H3,(H,16,17,18). The third-order valence-corrected chi connectivity index (χ3v) is 4.23. The van der Waals surface area contributed by atoms with E-state index in [1.165, 1.54) is 6.33 Å². The van der Waals surface area contributed by atoms with Gasteiger partial charge in [0.05, 0.1) is 15.2 Å². The summed E-state index contributed by atoms with van der Waals surface area (Å²) in [5, 5.41) is 4.55. The van der Waals surface area contributed by atoms with Crippen molar-refractivity contribution in [3.63, 3.8) is 0 Å². The summed E-state index contributed by atoms with van der Waals surface area (Å²) in [6, 6.07) is 3.52. The summed E-state index contributed by atoms with van der Waals surface area (Å²) < 4.78 is 0.569. The van der Waals surface area contributed by atoms with E-state index in [0.717, 1.165) is 5.56 Å². The summed E-state index contributed by atoms with van der Waals surface area (Å²) >= 11 is 21.4. The van der Waals surface area contributed by atoms with Gasteiger partial charge in [-0.2, -0.15) is 0 Å². The molecule has 0 unspecified atom stereocenters. The number of hydrogen-bond acceptors (Lipinski definition) is 3. The van der Waals surface area contributed by atoms with Crippen molar-refractivity contribution >= 4 is 62.2 Å². The Hall–Kier alpha value is -0.550. The highest BCUT2D eigenvalue weighted by molar-refractivity contribution is 9.10. The number of nitrogens with one attached hydrogen (secondary N) is 1. The summed E-state index contributed by atoms with van der Waals surface area (Å²) in [6.45, 7) is 1.88. The number of anilines is 2. The van der Waals surface area contributed by atoms with E-state index in [-0.39, 0.29) is 0 Å². The first-order valence-electron chi connectivity index (χ1n) is 4.87. The molecule has 18 heavy (non-hydrogen) atoms. The molecule has 0 bridgehead atoms. The lowest BCUT2D eigenvalue weighted by molar-refractivity contribution is 1.15. The predicted octanol–water partition coefficient (Wildman–Crippen LogP) is 5.25. The van der Waals surface area contributed by atoms with Crippen LogP contribution in [0.5, 0.6) is 0 Å². The Morgan fingerprint density at radius 1 is 1.11 bits per heavy atom. The molecule has 0 amide bonds. The molecular formula is C11H7BrCl3N3. The van der Waals surface area contributed by atoms with Gasteiger partial charge in [0.1, 0.15) is 17.3 Å². The van der Waals surface area contributed by atoms with Crippen molar-refractivity contribution in [3.8, 4) is 0 Å². The molecule has 2 rings (SSSR count). The topological polar surface area (TPSA) is 37.8 Å². The van der Waals surface area contributed by atoms with Crippen LogP contribution in [0.25, 0.3) is 0 Å². The molecule has 0 saturated heterocycles. The van der Waals surface area contributed by atoms with Crippen LogP contribution in [0.3, 0.4) is 0 Å². The third kappa shape index (κ3) is 2.88. The Morgan fingerprint density at radius 3 is 2.56 bits per heavy atom. The number of benzene rings is 1. The van der Waals surface area contributed by atoms with Crippen molar-refractivity contribution in [2.75, 3.05) is 5.32 Å². The fourth-order valence-corrected chi connectivity index (χ4v) is 2.17. The van der Waals surface area contributed by atoms with Crippen LogP contribution in [0.15, 0.2) is 22.9 Å². The summed E-state index contributed by atoms with van der Waals surface area (Å²) in [5.41, 5.74) is 1.56. The van der Waals surface area contributed by atoms with Crippen molar-refractivity contribution < 1.29 is 0 Å². The highest BCUT2D eigenvalue weighted by atomic mass is 79.9. The maximum Gasteiger partial charge on any atom is 0.149 e. The first kappa shape index (κ1) is 13.9. The van der Waals surface area contributed by atoms with E-state index in [9.17, 15) is 0 Å². The van der Waals surface area contributed by atoms with Crippen molar-refractivity contribution in [2.45, 2.75) is 6.92 Å². The van der Waals surface area contributed by atoms with Gasteiger partial charge in [-0.25, -0.2) is 9.97 Å². The van der Waals surface area contributed by atoms with E-state index in [1.807, 2.05) is 6.92 Å². The highest BCUT2D eigenvalue weighted by Gasteiger charge is 2.10. The zero-order chi connectivity index (χ0) is 13.3. The second-order valence-corrected chi connectivity index (χ2v) is 5.50. The minimum absolute atomic E-state index is 0.321. The van der Waals surface area contributed by atoms with Gasteiger partial charge < -0.3 is 5.32 Å². The smallest absolute Gasteiger partial charge is 0.149 e. The first-order valence-corrected chi connectivity index (χ1v) is 6.80. The molecule has 0 atom stereocenters. The number of rotatable bonds is 2. The number of halogens is 4. The average Bonchev–Trinajstić information content (AvgIpc) is 2.32. The van der Waals surface area contributed by atoms with E-state index >= 15 is 0 Å². The van der Waals surface area contributed by atoms with Crippen LogP contribution >= 0.6 is 50.7 Å². The molecule has 2 aromatic rings. The number of hydrogen-bond donors (Lipinski definition) is 1. The van der Waals surface area contributed by atoms with E-state index in [0.29, 0.717) is 31.2 Å². The maximum atomic E-state index is 6.13. The first-order chi connectivity index (χ1) is 8.49. The summed E-state index contributed by atoms with van der Waals surface area (Å²) in [4.78, 5) is 7.92. The van der Waals surface area contributed by atoms with E-state index in [1.54, 1.807) is 12.1 Å². The van der Waals surface area contributed by atoms with Crippen LogP contribution in [0.2, 0.25) is 15.2 Å². The Kier molecular flexibility index (Phi) is 4.33. The van der Waals surface area contributed by atoms with E-state index in [2.05, 4.69) is 31.2 Å². The van der Waals surface area contributed by atoms with Gasteiger partial charge in [0.25, 0.3) is 0 Å². The van der Waals surface area contributed by atoms with Gasteiger partial charge in [-0.3, -0.25) is 0 Å². The Bertz CT molecular complexity index is 604. The third-order valence-electron chi connectivity index (χ3n) is 2.25. The summed E-state index contributed by atoms with van der Waals surface area (Å²) in [7, 11) is 0. The normalized spacial score (nSPS) is 10.5. The molecule has 1 heterocycles. The number of aromatic nitrogens is 2. The van der Waals surface area contributed by atoms with Crippen molar-refractivity contribution in [1.29, 1.82) is 0 Å². The number of aryl methyl sites for hydroxylation is 1. The largest absolute Gasteiger partial charge is 0.338 e. The average molecular weight is 367 g/mol. The van der Waals surface area contributed by atoms with Gasteiger partial charge in [-0.15, -0.1) is 0 Å². The Morgan fingerprint density at radius 2 is 1.83 bits per heavy atom. The fourth-order valence-electron chi connectivity index (χ4n) is 1.31. The van der Waals surface area contributed by atoms with Gasteiger partial charge >= 0.3 is 0 Å². The Labute approximate surface area is 128 Å². The van der Waals surface area contributed by atoms with Crippen LogP contribution in [0, 0.1) is 6.92 Å². The molecule has 0 fully saturated rings. The maximum absolute atomic E-state index is 6.13. The van der Waals surface area contributed by atoms with Crippen molar-refractivity contribution in [3.05, 3.63) is 43.7 Å². The van der Waals surface area contributed by atoms with Crippen LogP contribution in [-0.2, 0) is 0 Å². The second kappa shape index (κ2) is 5.61. The quantitative estimate of drug-likeness (QED) is 0.737. The predicted molar refractivity (Wildman–Crippen MR) is 79.2 cm³/mol. The molecule has 7 heteroatoms. The molecule has 3 nitrogen and oxygen atoms in total. The highest BCUT2D eigenvalue weighted by Crippen LogP contribution is 2.34. The lowest BCUT2D eigenvalue weighted by atomic mass is 10.2. The SMILES string of the molecule is Cc1cc(Cl)c(Nc2ncnc(Cl)c2Br)cc1Cl.